The second-order valence-electron chi connectivity index (χ2n) is 4.55. The van der Waals surface area contributed by atoms with Crippen molar-refractivity contribution in [3.05, 3.63) is 35.1 Å². The van der Waals surface area contributed by atoms with Crippen LogP contribution in [0.2, 0.25) is 0 Å². The predicted octanol–water partition coefficient (Wildman–Crippen LogP) is 3.36. The summed E-state index contributed by atoms with van der Waals surface area (Å²) in [6, 6.07) is 4.61. The molecule has 1 aliphatic rings. The van der Waals surface area contributed by atoms with Gasteiger partial charge in [0, 0.05) is 0 Å². The van der Waals surface area contributed by atoms with Crippen molar-refractivity contribution in [3.8, 4) is 0 Å². The molecule has 15 heavy (non-hydrogen) atoms. The molecule has 1 atom stereocenters. The molecule has 1 N–H and O–H groups in total. The average Bonchev–Trinajstić information content (AvgIpc) is 2.11. The number of rotatable bonds is 3. The highest BCUT2D eigenvalue weighted by molar-refractivity contribution is 5.28. The minimum absolute atomic E-state index is 0.230. The van der Waals surface area contributed by atoms with E-state index in [1.807, 2.05) is 6.92 Å². The molecular formula is C13H17FO. The van der Waals surface area contributed by atoms with Crippen molar-refractivity contribution < 1.29 is 9.50 Å². The monoisotopic (exact) mass is 208 g/mol. The zero-order chi connectivity index (χ0) is 10.8. The fraction of sp³-hybridized carbons (Fsp3) is 0.538. The van der Waals surface area contributed by atoms with E-state index in [9.17, 15) is 9.50 Å². The summed E-state index contributed by atoms with van der Waals surface area (Å²) in [5, 5.41) is 10.0. The van der Waals surface area contributed by atoms with E-state index in [-0.39, 0.29) is 5.82 Å². The first-order chi connectivity index (χ1) is 7.16. The first kappa shape index (κ1) is 10.6. The molecule has 0 amide bonds. The predicted molar refractivity (Wildman–Crippen MR) is 58.1 cm³/mol. The Morgan fingerprint density at radius 1 is 1.47 bits per heavy atom. The van der Waals surface area contributed by atoms with Crippen LogP contribution >= 0.6 is 0 Å². The molecule has 0 spiro atoms. The minimum Gasteiger partial charge on any atom is -0.388 e. The molecule has 0 aliphatic heterocycles. The zero-order valence-electron chi connectivity index (χ0n) is 9.04. The molecular weight excluding hydrogens is 191 g/mol. The average molecular weight is 208 g/mol. The Kier molecular flexibility index (Phi) is 3.06. The molecule has 1 unspecified atom stereocenters. The summed E-state index contributed by atoms with van der Waals surface area (Å²) < 4.78 is 12.9. The van der Waals surface area contributed by atoms with Crippen molar-refractivity contribution >= 4 is 0 Å². The number of aryl methyl sites for hydroxylation is 1. The Morgan fingerprint density at radius 2 is 2.20 bits per heavy atom. The lowest BCUT2D eigenvalue weighted by molar-refractivity contribution is 0.118. The molecule has 82 valence electrons. The van der Waals surface area contributed by atoms with E-state index in [4.69, 9.17) is 0 Å². The molecule has 1 aromatic rings. The van der Waals surface area contributed by atoms with Crippen LogP contribution in [-0.2, 0) is 0 Å². The maximum Gasteiger partial charge on any atom is 0.123 e. The molecule has 1 nitrogen and oxygen atoms in total. The lowest BCUT2D eigenvalue weighted by atomic mass is 9.80. The van der Waals surface area contributed by atoms with Gasteiger partial charge in [0.05, 0.1) is 6.10 Å². The Hall–Kier alpha value is -0.890. The van der Waals surface area contributed by atoms with E-state index in [0.717, 1.165) is 17.5 Å². The highest BCUT2D eigenvalue weighted by Crippen LogP contribution is 2.35. The quantitative estimate of drug-likeness (QED) is 0.807. The normalized spacial score (nSPS) is 18.6. The molecule has 2 heteroatoms. The number of halogens is 1. The van der Waals surface area contributed by atoms with Crippen molar-refractivity contribution in [2.75, 3.05) is 0 Å². The van der Waals surface area contributed by atoms with Gasteiger partial charge in [-0.2, -0.15) is 0 Å². The third kappa shape index (κ3) is 2.37. The number of benzene rings is 1. The van der Waals surface area contributed by atoms with Crippen LogP contribution in [0.15, 0.2) is 18.2 Å². The third-order valence-electron chi connectivity index (χ3n) is 3.37. The fourth-order valence-electron chi connectivity index (χ4n) is 2.18. The van der Waals surface area contributed by atoms with Gasteiger partial charge in [0.25, 0.3) is 0 Å². The maximum absolute atomic E-state index is 12.9. The molecule has 0 saturated heterocycles. The van der Waals surface area contributed by atoms with Crippen LogP contribution < -0.4 is 0 Å². The summed E-state index contributed by atoms with van der Waals surface area (Å²) in [4.78, 5) is 0. The number of hydrogen-bond donors (Lipinski definition) is 1. The van der Waals surface area contributed by atoms with Gasteiger partial charge in [-0.1, -0.05) is 25.3 Å². The lowest BCUT2D eigenvalue weighted by Crippen LogP contribution is -2.15. The Labute approximate surface area is 89.9 Å². The summed E-state index contributed by atoms with van der Waals surface area (Å²) in [6.45, 7) is 1.85. The van der Waals surface area contributed by atoms with Crippen molar-refractivity contribution in [2.24, 2.45) is 5.92 Å². The Bertz CT molecular complexity index is 344. The van der Waals surface area contributed by atoms with Gasteiger partial charge in [0.15, 0.2) is 0 Å². The van der Waals surface area contributed by atoms with E-state index >= 15 is 0 Å². The van der Waals surface area contributed by atoms with Gasteiger partial charge in [-0.15, -0.1) is 0 Å². The largest absolute Gasteiger partial charge is 0.388 e. The van der Waals surface area contributed by atoms with E-state index in [1.165, 1.54) is 31.4 Å². The van der Waals surface area contributed by atoms with Crippen LogP contribution in [0, 0.1) is 18.7 Å². The SMILES string of the molecule is Cc1cc(F)ccc1C(O)CC1CCC1. The summed E-state index contributed by atoms with van der Waals surface area (Å²) >= 11 is 0. The highest BCUT2D eigenvalue weighted by atomic mass is 19.1. The number of hydrogen-bond acceptors (Lipinski definition) is 1. The Balaban J connectivity index is 2.06. The van der Waals surface area contributed by atoms with Crippen LogP contribution in [0.1, 0.15) is 42.9 Å². The summed E-state index contributed by atoms with van der Waals surface area (Å²) in [5.74, 6) is 0.441. The van der Waals surface area contributed by atoms with Crippen molar-refractivity contribution in [1.82, 2.24) is 0 Å². The van der Waals surface area contributed by atoms with Crippen LogP contribution in [-0.4, -0.2) is 5.11 Å². The van der Waals surface area contributed by atoms with Gasteiger partial charge in [0.1, 0.15) is 5.82 Å². The van der Waals surface area contributed by atoms with Crippen LogP contribution in [0.25, 0.3) is 0 Å². The van der Waals surface area contributed by atoms with Gasteiger partial charge in [-0.05, 0) is 42.5 Å². The summed E-state index contributed by atoms with van der Waals surface area (Å²) in [6.07, 6.45) is 4.16. The molecule has 0 aromatic heterocycles. The molecule has 2 rings (SSSR count). The number of aliphatic hydroxyl groups excluding tert-OH is 1. The highest BCUT2D eigenvalue weighted by Gasteiger charge is 2.22. The fourth-order valence-corrected chi connectivity index (χ4v) is 2.18. The molecule has 1 saturated carbocycles. The van der Waals surface area contributed by atoms with Crippen molar-refractivity contribution in [2.45, 2.75) is 38.7 Å². The van der Waals surface area contributed by atoms with Gasteiger partial charge < -0.3 is 5.11 Å². The second-order valence-corrected chi connectivity index (χ2v) is 4.55. The lowest BCUT2D eigenvalue weighted by Gasteiger charge is -2.28. The first-order valence-electron chi connectivity index (χ1n) is 5.61. The Morgan fingerprint density at radius 3 is 2.73 bits per heavy atom. The minimum atomic E-state index is -0.420. The second kappa shape index (κ2) is 4.31. The number of aliphatic hydroxyl groups is 1. The van der Waals surface area contributed by atoms with E-state index in [1.54, 1.807) is 6.07 Å². The van der Waals surface area contributed by atoms with Crippen LogP contribution in [0.5, 0.6) is 0 Å². The topological polar surface area (TPSA) is 20.2 Å². The molecule has 1 aromatic carbocycles. The molecule has 1 aliphatic carbocycles. The van der Waals surface area contributed by atoms with Crippen LogP contribution in [0.4, 0.5) is 4.39 Å². The maximum atomic E-state index is 12.9. The molecule has 1 fully saturated rings. The first-order valence-corrected chi connectivity index (χ1v) is 5.61. The smallest absolute Gasteiger partial charge is 0.123 e. The van der Waals surface area contributed by atoms with Crippen molar-refractivity contribution in [1.29, 1.82) is 0 Å². The third-order valence-corrected chi connectivity index (χ3v) is 3.37. The zero-order valence-corrected chi connectivity index (χ0v) is 9.04. The van der Waals surface area contributed by atoms with E-state index in [0.29, 0.717) is 5.92 Å². The van der Waals surface area contributed by atoms with E-state index in [2.05, 4.69) is 0 Å². The van der Waals surface area contributed by atoms with Gasteiger partial charge >= 0.3 is 0 Å². The van der Waals surface area contributed by atoms with Gasteiger partial charge in [-0.25, -0.2) is 4.39 Å². The van der Waals surface area contributed by atoms with Crippen LogP contribution in [0.3, 0.4) is 0 Å². The molecule has 0 bridgehead atoms. The van der Waals surface area contributed by atoms with Crippen molar-refractivity contribution in [3.63, 3.8) is 0 Å². The van der Waals surface area contributed by atoms with Gasteiger partial charge in [-0.3, -0.25) is 0 Å². The summed E-state index contributed by atoms with van der Waals surface area (Å²) in [5.41, 5.74) is 1.73. The molecule has 0 radical (unpaired) electrons. The molecule has 0 heterocycles. The van der Waals surface area contributed by atoms with E-state index < -0.39 is 6.10 Å². The van der Waals surface area contributed by atoms with Gasteiger partial charge in [0.2, 0.25) is 0 Å². The summed E-state index contributed by atoms with van der Waals surface area (Å²) in [7, 11) is 0. The standard InChI is InChI=1S/C13H17FO/c1-9-7-11(14)5-6-12(9)13(15)8-10-3-2-4-10/h5-7,10,13,15H,2-4,8H2,1H3.